The number of phenolic OH excluding ortho intramolecular Hbond substituents is 1. The highest BCUT2D eigenvalue weighted by Crippen LogP contribution is 2.31. The molecule has 1 heterocycles. The van der Waals surface area contributed by atoms with E-state index in [1.54, 1.807) is 24.3 Å². The second-order valence-electron chi connectivity index (χ2n) is 5.05. The molecule has 1 N–H and O–H groups in total. The van der Waals surface area contributed by atoms with Gasteiger partial charge >= 0.3 is 6.18 Å². The Morgan fingerprint density at radius 3 is 2.57 bits per heavy atom. The number of aromatic hydroxyl groups is 1. The van der Waals surface area contributed by atoms with Gasteiger partial charge in [0.1, 0.15) is 5.75 Å². The fourth-order valence-electron chi connectivity index (χ4n) is 2.22. The van der Waals surface area contributed by atoms with Crippen molar-refractivity contribution in [3.05, 3.63) is 70.0 Å². The van der Waals surface area contributed by atoms with E-state index in [0.29, 0.717) is 17.7 Å². The molecule has 0 spiro atoms. The first-order valence-electron chi connectivity index (χ1n) is 6.82. The topological polar surface area (TPSA) is 33.1 Å². The number of thiazole rings is 1. The van der Waals surface area contributed by atoms with Crippen LogP contribution in [0, 0.1) is 0 Å². The highest BCUT2D eigenvalue weighted by atomic mass is 32.1. The summed E-state index contributed by atoms with van der Waals surface area (Å²) >= 11 is 1.38. The van der Waals surface area contributed by atoms with Crippen LogP contribution in [0.5, 0.6) is 5.75 Å². The van der Waals surface area contributed by atoms with Gasteiger partial charge in [-0.25, -0.2) is 4.98 Å². The molecule has 0 radical (unpaired) electrons. The van der Waals surface area contributed by atoms with E-state index >= 15 is 0 Å². The maximum atomic E-state index is 12.7. The van der Waals surface area contributed by atoms with E-state index in [1.165, 1.54) is 17.4 Å². The molecule has 3 rings (SSSR count). The lowest BCUT2D eigenvalue weighted by Crippen LogP contribution is -2.05. The summed E-state index contributed by atoms with van der Waals surface area (Å²) in [4.78, 5) is 4.43. The molecule has 0 aliphatic carbocycles. The Labute approximate surface area is 134 Å². The first kappa shape index (κ1) is 15.6. The van der Waals surface area contributed by atoms with Crippen LogP contribution in [0.1, 0.15) is 16.1 Å². The number of rotatable bonds is 3. The highest BCUT2D eigenvalue weighted by Gasteiger charge is 2.30. The molecule has 0 aliphatic heterocycles. The van der Waals surface area contributed by atoms with Crippen LogP contribution in [0.25, 0.3) is 11.3 Å². The molecule has 0 atom stereocenters. The minimum absolute atomic E-state index is 0.148. The van der Waals surface area contributed by atoms with Gasteiger partial charge in [-0.1, -0.05) is 30.3 Å². The van der Waals surface area contributed by atoms with Crippen LogP contribution in [0.2, 0.25) is 0 Å². The van der Waals surface area contributed by atoms with Crippen LogP contribution in [0.4, 0.5) is 13.2 Å². The molecule has 0 saturated heterocycles. The summed E-state index contributed by atoms with van der Waals surface area (Å²) in [6.07, 6.45) is -4.00. The predicted molar refractivity (Wildman–Crippen MR) is 83.5 cm³/mol. The quantitative estimate of drug-likeness (QED) is 0.720. The van der Waals surface area contributed by atoms with Crippen molar-refractivity contribution in [3.8, 4) is 17.0 Å². The zero-order valence-corrected chi connectivity index (χ0v) is 12.7. The van der Waals surface area contributed by atoms with Crippen molar-refractivity contribution in [1.29, 1.82) is 0 Å². The van der Waals surface area contributed by atoms with E-state index in [1.807, 2.05) is 11.4 Å². The zero-order chi connectivity index (χ0) is 16.4. The summed E-state index contributed by atoms with van der Waals surface area (Å²) in [5, 5.41) is 12.0. The number of halogens is 3. The third kappa shape index (κ3) is 3.71. The molecule has 0 amide bonds. The van der Waals surface area contributed by atoms with E-state index < -0.39 is 11.7 Å². The van der Waals surface area contributed by atoms with Gasteiger partial charge in [0.25, 0.3) is 0 Å². The number of alkyl halides is 3. The summed E-state index contributed by atoms with van der Waals surface area (Å²) in [5.74, 6) is 0.148. The molecular weight excluding hydrogens is 323 g/mol. The zero-order valence-electron chi connectivity index (χ0n) is 11.8. The molecule has 23 heavy (non-hydrogen) atoms. The van der Waals surface area contributed by atoms with Crippen LogP contribution >= 0.6 is 11.3 Å². The molecule has 118 valence electrons. The van der Waals surface area contributed by atoms with Crippen LogP contribution in [0.3, 0.4) is 0 Å². The lowest BCUT2D eigenvalue weighted by molar-refractivity contribution is -0.137. The van der Waals surface area contributed by atoms with E-state index in [4.69, 9.17) is 0 Å². The first-order chi connectivity index (χ1) is 10.9. The number of benzene rings is 2. The van der Waals surface area contributed by atoms with Crippen LogP contribution in [-0.4, -0.2) is 10.1 Å². The fraction of sp³-hybridized carbons (Fsp3) is 0.118. The van der Waals surface area contributed by atoms with E-state index in [2.05, 4.69) is 4.98 Å². The van der Waals surface area contributed by atoms with Crippen molar-refractivity contribution >= 4 is 11.3 Å². The Bertz CT molecular complexity index is 826. The van der Waals surface area contributed by atoms with Crippen molar-refractivity contribution in [2.24, 2.45) is 0 Å². The first-order valence-corrected chi connectivity index (χ1v) is 7.70. The lowest BCUT2D eigenvalue weighted by Gasteiger charge is -2.07. The molecule has 3 aromatic rings. The van der Waals surface area contributed by atoms with Gasteiger partial charge in [0, 0.05) is 17.4 Å². The largest absolute Gasteiger partial charge is 0.508 e. The molecular formula is C17H12F3NOS. The third-order valence-electron chi connectivity index (χ3n) is 3.30. The third-order valence-corrected chi connectivity index (χ3v) is 4.15. The summed E-state index contributed by atoms with van der Waals surface area (Å²) in [5.41, 5.74) is 1.39. The monoisotopic (exact) mass is 335 g/mol. The van der Waals surface area contributed by atoms with Gasteiger partial charge in [-0.05, 0) is 23.8 Å². The number of phenols is 1. The van der Waals surface area contributed by atoms with Gasteiger partial charge in [-0.2, -0.15) is 13.2 Å². The summed E-state index contributed by atoms with van der Waals surface area (Å²) in [6, 6.07) is 12.0. The maximum absolute atomic E-state index is 12.7. The van der Waals surface area contributed by atoms with Crippen LogP contribution in [0.15, 0.2) is 53.9 Å². The normalized spacial score (nSPS) is 11.6. The molecule has 0 saturated carbocycles. The number of nitrogens with zero attached hydrogens (tertiary/aromatic N) is 1. The molecule has 6 heteroatoms. The smallest absolute Gasteiger partial charge is 0.416 e. The number of hydrogen-bond acceptors (Lipinski definition) is 3. The van der Waals surface area contributed by atoms with E-state index in [0.717, 1.165) is 22.7 Å². The van der Waals surface area contributed by atoms with Gasteiger partial charge < -0.3 is 5.11 Å². The highest BCUT2D eigenvalue weighted by molar-refractivity contribution is 7.10. The van der Waals surface area contributed by atoms with Crippen LogP contribution in [-0.2, 0) is 12.6 Å². The minimum atomic E-state index is -4.34. The average Bonchev–Trinajstić information content (AvgIpc) is 2.95. The summed E-state index contributed by atoms with van der Waals surface area (Å²) < 4.78 is 38.2. The van der Waals surface area contributed by atoms with Gasteiger partial charge in [0.15, 0.2) is 0 Å². The standard InChI is InChI=1S/C17H12F3NOS/c18-17(19,20)13-5-1-3-11(7-13)8-16-21-15(10-23-16)12-4-2-6-14(22)9-12/h1-7,9-10,22H,8H2. The fourth-order valence-corrected chi connectivity index (χ4v) is 3.06. The van der Waals surface area contributed by atoms with Crippen molar-refractivity contribution in [1.82, 2.24) is 4.98 Å². The number of hydrogen-bond donors (Lipinski definition) is 1. The minimum Gasteiger partial charge on any atom is -0.508 e. The predicted octanol–water partition coefficient (Wildman–Crippen LogP) is 5.13. The maximum Gasteiger partial charge on any atom is 0.416 e. The molecule has 0 aliphatic rings. The number of aromatic nitrogens is 1. The van der Waals surface area contributed by atoms with Gasteiger partial charge in [0.2, 0.25) is 0 Å². The van der Waals surface area contributed by atoms with Gasteiger partial charge in [-0.15, -0.1) is 11.3 Å². The van der Waals surface area contributed by atoms with Crippen molar-refractivity contribution in [3.63, 3.8) is 0 Å². The van der Waals surface area contributed by atoms with Crippen molar-refractivity contribution in [2.75, 3.05) is 0 Å². The Balaban J connectivity index is 1.82. The van der Waals surface area contributed by atoms with Gasteiger partial charge in [-0.3, -0.25) is 0 Å². The van der Waals surface area contributed by atoms with Crippen molar-refractivity contribution in [2.45, 2.75) is 12.6 Å². The van der Waals surface area contributed by atoms with Crippen molar-refractivity contribution < 1.29 is 18.3 Å². The molecule has 0 bridgehead atoms. The van der Waals surface area contributed by atoms with E-state index in [9.17, 15) is 18.3 Å². The van der Waals surface area contributed by atoms with Gasteiger partial charge in [0.05, 0.1) is 16.3 Å². The Morgan fingerprint density at radius 1 is 1.04 bits per heavy atom. The Kier molecular flexibility index (Phi) is 4.09. The second kappa shape index (κ2) is 6.04. The molecule has 0 fully saturated rings. The molecule has 1 aromatic heterocycles. The molecule has 0 unspecified atom stereocenters. The second-order valence-corrected chi connectivity index (χ2v) is 5.99. The average molecular weight is 335 g/mol. The molecule has 2 aromatic carbocycles. The SMILES string of the molecule is Oc1cccc(-c2csc(Cc3cccc(C(F)(F)F)c3)n2)c1. The summed E-state index contributed by atoms with van der Waals surface area (Å²) in [7, 11) is 0. The molecule has 2 nitrogen and oxygen atoms in total. The summed E-state index contributed by atoms with van der Waals surface area (Å²) in [6.45, 7) is 0. The Hall–Kier alpha value is -2.34. The van der Waals surface area contributed by atoms with Crippen LogP contribution < -0.4 is 0 Å². The Morgan fingerprint density at radius 2 is 1.83 bits per heavy atom. The lowest BCUT2D eigenvalue weighted by atomic mass is 10.1. The van der Waals surface area contributed by atoms with E-state index in [-0.39, 0.29) is 5.75 Å².